The van der Waals surface area contributed by atoms with Gasteiger partial charge in [0.25, 0.3) is 5.91 Å². The standard InChI is InChI=1S/C25H28N2O4S/c1-30-20-11-10-18-14-17(8-9-19(18)15-20)16-26-25(29)22(12-13-32-3)27-24(28)21-6-4-5-7-23(21)31-2/h4-11,14-15,22H,12-13,16H2,1-3H3,(H,26,29)(H,27,28). The van der Waals surface area contributed by atoms with Crippen molar-refractivity contribution in [3.8, 4) is 11.5 Å². The second-order valence-corrected chi connectivity index (χ2v) is 8.26. The molecule has 2 amide bonds. The molecule has 0 radical (unpaired) electrons. The molecule has 0 heterocycles. The summed E-state index contributed by atoms with van der Waals surface area (Å²) in [5.74, 6) is 1.49. The van der Waals surface area contributed by atoms with Gasteiger partial charge < -0.3 is 20.1 Å². The van der Waals surface area contributed by atoms with Gasteiger partial charge in [-0.05, 0) is 65.1 Å². The highest BCUT2D eigenvalue weighted by Gasteiger charge is 2.22. The quantitative estimate of drug-likeness (QED) is 0.486. The number of benzene rings is 3. The van der Waals surface area contributed by atoms with Gasteiger partial charge in [-0.3, -0.25) is 9.59 Å². The molecular formula is C25H28N2O4S. The van der Waals surface area contributed by atoms with Gasteiger partial charge in [-0.15, -0.1) is 0 Å². The molecular weight excluding hydrogens is 424 g/mol. The van der Waals surface area contributed by atoms with E-state index < -0.39 is 6.04 Å². The van der Waals surface area contributed by atoms with Gasteiger partial charge in [0.15, 0.2) is 0 Å². The van der Waals surface area contributed by atoms with Crippen LogP contribution in [0, 0.1) is 0 Å². The van der Waals surface area contributed by atoms with E-state index in [1.54, 1.807) is 43.1 Å². The van der Waals surface area contributed by atoms with Crippen molar-refractivity contribution in [2.75, 3.05) is 26.2 Å². The second-order valence-electron chi connectivity index (χ2n) is 7.27. The Kier molecular flexibility index (Phi) is 8.39. The van der Waals surface area contributed by atoms with Crippen LogP contribution in [0.15, 0.2) is 60.7 Å². The Bertz CT molecular complexity index is 1090. The maximum atomic E-state index is 12.9. The van der Waals surface area contributed by atoms with Gasteiger partial charge in [-0.1, -0.05) is 30.3 Å². The number of thioether (sulfide) groups is 1. The van der Waals surface area contributed by atoms with Crippen LogP contribution >= 0.6 is 11.8 Å². The van der Waals surface area contributed by atoms with Crippen LogP contribution in [0.1, 0.15) is 22.3 Å². The second kappa shape index (κ2) is 11.4. The molecule has 0 fully saturated rings. The number of amides is 2. The van der Waals surface area contributed by atoms with Crippen LogP contribution in [0.5, 0.6) is 11.5 Å². The van der Waals surface area contributed by atoms with Gasteiger partial charge in [0.2, 0.25) is 5.91 Å². The number of carbonyl (C=O) groups excluding carboxylic acids is 2. The Morgan fingerprint density at radius 2 is 1.72 bits per heavy atom. The minimum Gasteiger partial charge on any atom is -0.497 e. The van der Waals surface area contributed by atoms with Crippen molar-refractivity contribution >= 4 is 34.3 Å². The first kappa shape index (κ1) is 23.5. The third-order valence-electron chi connectivity index (χ3n) is 5.16. The number of para-hydroxylation sites is 1. The van der Waals surface area contributed by atoms with Gasteiger partial charge in [0.1, 0.15) is 17.5 Å². The molecule has 3 aromatic rings. The van der Waals surface area contributed by atoms with Gasteiger partial charge in [0.05, 0.1) is 19.8 Å². The van der Waals surface area contributed by atoms with Crippen LogP contribution in [0.3, 0.4) is 0 Å². The summed E-state index contributed by atoms with van der Waals surface area (Å²) in [4.78, 5) is 25.7. The fraction of sp³-hybridized carbons (Fsp3) is 0.280. The van der Waals surface area contributed by atoms with Crippen molar-refractivity contribution in [3.05, 3.63) is 71.8 Å². The zero-order chi connectivity index (χ0) is 22.9. The predicted octanol–water partition coefficient (Wildman–Crippen LogP) is 4.02. The number of hydrogen-bond donors (Lipinski definition) is 2. The summed E-state index contributed by atoms with van der Waals surface area (Å²) in [5, 5.41) is 7.97. The molecule has 3 rings (SSSR count). The van der Waals surface area contributed by atoms with Crippen molar-refractivity contribution in [2.45, 2.75) is 19.0 Å². The lowest BCUT2D eigenvalue weighted by molar-refractivity contribution is -0.123. The maximum Gasteiger partial charge on any atom is 0.255 e. The molecule has 0 saturated carbocycles. The van der Waals surface area contributed by atoms with Crippen molar-refractivity contribution in [1.82, 2.24) is 10.6 Å². The lowest BCUT2D eigenvalue weighted by atomic mass is 10.1. The van der Waals surface area contributed by atoms with E-state index in [1.165, 1.54) is 7.11 Å². The third-order valence-corrected chi connectivity index (χ3v) is 5.81. The molecule has 1 unspecified atom stereocenters. The van der Waals surface area contributed by atoms with Crippen LogP contribution in [-0.2, 0) is 11.3 Å². The van der Waals surface area contributed by atoms with E-state index in [9.17, 15) is 9.59 Å². The maximum absolute atomic E-state index is 12.9. The summed E-state index contributed by atoms with van der Waals surface area (Å²) >= 11 is 1.63. The van der Waals surface area contributed by atoms with Gasteiger partial charge in [-0.25, -0.2) is 0 Å². The highest BCUT2D eigenvalue weighted by atomic mass is 32.2. The smallest absolute Gasteiger partial charge is 0.255 e. The highest BCUT2D eigenvalue weighted by Crippen LogP contribution is 2.22. The SMILES string of the molecule is COc1ccc2cc(CNC(=O)C(CCSC)NC(=O)c3ccccc3OC)ccc2c1. The fourth-order valence-electron chi connectivity index (χ4n) is 3.40. The van der Waals surface area contributed by atoms with E-state index >= 15 is 0 Å². The molecule has 0 aliphatic rings. The molecule has 32 heavy (non-hydrogen) atoms. The van der Waals surface area contributed by atoms with E-state index in [1.807, 2.05) is 42.7 Å². The molecule has 0 saturated heterocycles. The van der Waals surface area contributed by atoms with Crippen molar-refractivity contribution in [1.29, 1.82) is 0 Å². The van der Waals surface area contributed by atoms with E-state index in [2.05, 4.69) is 10.6 Å². The van der Waals surface area contributed by atoms with Crippen LogP contribution in [-0.4, -0.2) is 44.1 Å². The van der Waals surface area contributed by atoms with Gasteiger partial charge in [-0.2, -0.15) is 11.8 Å². The molecule has 7 heteroatoms. The predicted molar refractivity (Wildman–Crippen MR) is 130 cm³/mol. The first-order valence-corrected chi connectivity index (χ1v) is 11.7. The highest BCUT2D eigenvalue weighted by molar-refractivity contribution is 7.98. The first-order valence-electron chi connectivity index (χ1n) is 10.3. The average Bonchev–Trinajstić information content (AvgIpc) is 2.84. The van der Waals surface area contributed by atoms with Crippen LogP contribution < -0.4 is 20.1 Å². The molecule has 2 N–H and O–H groups in total. The number of fused-ring (bicyclic) bond motifs is 1. The minimum atomic E-state index is -0.635. The monoisotopic (exact) mass is 452 g/mol. The number of nitrogens with one attached hydrogen (secondary N) is 2. The zero-order valence-electron chi connectivity index (χ0n) is 18.5. The zero-order valence-corrected chi connectivity index (χ0v) is 19.3. The van der Waals surface area contributed by atoms with E-state index in [-0.39, 0.29) is 11.8 Å². The van der Waals surface area contributed by atoms with Crippen molar-refractivity contribution < 1.29 is 19.1 Å². The largest absolute Gasteiger partial charge is 0.497 e. The van der Waals surface area contributed by atoms with Crippen molar-refractivity contribution in [2.24, 2.45) is 0 Å². The Morgan fingerprint density at radius 3 is 2.47 bits per heavy atom. The summed E-state index contributed by atoms with van der Waals surface area (Å²) < 4.78 is 10.5. The summed E-state index contributed by atoms with van der Waals surface area (Å²) in [6.07, 6.45) is 2.51. The van der Waals surface area contributed by atoms with E-state index in [4.69, 9.17) is 9.47 Å². The lowest BCUT2D eigenvalue weighted by Gasteiger charge is -2.19. The summed E-state index contributed by atoms with van der Waals surface area (Å²) in [6.45, 7) is 0.376. The normalized spacial score (nSPS) is 11.6. The molecule has 0 bridgehead atoms. The number of carbonyl (C=O) groups is 2. The molecule has 0 spiro atoms. The molecule has 1 atom stereocenters. The molecule has 168 valence electrons. The third kappa shape index (κ3) is 5.95. The number of rotatable bonds is 10. The Hall–Kier alpha value is -3.19. The van der Waals surface area contributed by atoms with Gasteiger partial charge in [0, 0.05) is 6.54 Å². The van der Waals surface area contributed by atoms with Crippen LogP contribution in [0.4, 0.5) is 0 Å². The molecule has 6 nitrogen and oxygen atoms in total. The summed E-state index contributed by atoms with van der Waals surface area (Å²) in [6, 6.07) is 18.2. The Balaban J connectivity index is 1.67. The van der Waals surface area contributed by atoms with E-state index in [0.29, 0.717) is 24.3 Å². The van der Waals surface area contributed by atoms with Crippen molar-refractivity contribution in [3.63, 3.8) is 0 Å². The molecule has 0 aromatic heterocycles. The van der Waals surface area contributed by atoms with E-state index in [0.717, 1.165) is 27.8 Å². The van der Waals surface area contributed by atoms with Crippen LogP contribution in [0.2, 0.25) is 0 Å². The Labute approximate surface area is 192 Å². The fourth-order valence-corrected chi connectivity index (χ4v) is 3.87. The number of hydrogen-bond acceptors (Lipinski definition) is 5. The number of methoxy groups -OCH3 is 2. The molecule has 0 aliphatic heterocycles. The average molecular weight is 453 g/mol. The summed E-state index contributed by atoms with van der Waals surface area (Å²) in [7, 11) is 3.16. The lowest BCUT2D eigenvalue weighted by Crippen LogP contribution is -2.47. The topological polar surface area (TPSA) is 76.7 Å². The summed E-state index contributed by atoms with van der Waals surface area (Å²) in [5.41, 5.74) is 1.39. The molecule has 0 aliphatic carbocycles. The van der Waals surface area contributed by atoms with Crippen LogP contribution in [0.25, 0.3) is 10.8 Å². The first-order chi connectivity index (χ1) is 15.5. The number of ether oxygens (including phenoxy) is 2. The molecule has 3 aromatic carbocycles. The minimum absolute atomic E-state index is 0.211. The Morgan fingerprint density at radius 1 is 0.969 bits per heavy atom. The van der Waals surface area contributed by atoms with Gasteiger partial charge >= 0.3 is 0 Å².